The van der Waals surface area contributed by atoms with Gasteiger partial charge in [-0.1, -0.05) is 29.8 Å². The van der Waals surface area contributed by atoms with Crippen LogP contribution in [0.5, 0.6) is 0 Å². The quantitative estimate of drug-likeness (QED) is 0.696. The predicted octanol–water partition coefficient (Wildman–Crippen LogP) is 3.89. The van der Waals surface area contributed by atoms with Crippen molar-refractivity contribution >= 4 is 29.1 Å². The molecular formula is C22H21ClN4O2. The first-order chi connectivity index (χ1) is 14.0. The van der Waals surface area contributed by atoms with Crippen LogP contribution < -0.4 is 10.2 Å². The minimum absolute atomic E-state index is 0.165. The highest BCUT2D eigenvalue weighted by Gasteiger charge is 2.21. The zero-order valence-electron chi connectivity index (χ0n) is 16.1. The van der Waals surface area contributed by atoms with E-state index in [4.69, 9.17) is 11.6 Å². The second-order valence-corrected chi connectivity index (χ2v) is 7.47. The Hall–Kier alpha value is -3.12. The Bertz CT molecular complexity index is 1060. The third-order valence-electron chi connectivity index (χ3n) is 5.08. The van der Waals surface area contributed by atoms with Crippen molar-refractivity contribution in [2.75, 3.05) is 11.4 Å². The van der Waals surface area contributed by atoms with Crippen LogP contribution in [-0.2, 0) is 11.3 Å². The number of nitrogens with one attached hydrogen (secondary N) is 1. The maximum Gasteiger partial charge on any atom is 0.255 e. The molecule has 29 heavy (non-hydrogen) atoms. The standard InChI is InChI=1S/C22H21ClN4O2/c1-15-20(14-25-27(15)19-5-2-4-17(23)12-19)22(29)24-13-16-7-9-18(10-8-16)26-11-3-6-21(26)28/h2,4-5,7-10,12,14H,3,6,11,13H2,1H3,(H,24,29). The second-order valence-electron chi connectivity index (χ2n) is 7.03. The fraction of sp³-hybridized carbons (Fsp3) is 0.227. The number of carbonyl (C=O) groups excluding carboxylic acids is 2. The predicted molar refractivity (Wildman–Crippen MR) is 113 cm³/mol. The molecular weight excluding hydrogens is 388 g/mol. The third-order valence-corrected chi connectivity index (χ3v) is 5.32. The lowest BCUT2D eigenvalue weighted by Crippen LogP contribution is -2.24. The van der Waals surface area contributed by atoms with Crippen LogP contribution in [0.1, 0.15) is 34.5 Å². The number of carbonyl (C=O) groups is 2. The normalized spacial score (nSPS) is 13.7. The van der Waals surface area contributed by atoms with Crippen molar-refractivity contribution in [1.29, 1.82) is 0 Å². The molecule has 0 aliphatic carbocycles. The lowest BCUT2D eigenvalue weighted by molar-refractivity contribution is -0.117. The first-order valence-corrected chi connectivity index (χ1v) is 9.89. The van der Waals surface area contributed by atoms with E-state index in [-0.39, 0.29) is 11.8 Å². The number of hydrogen-bond donors (Lipinski definition) is 1. The molecule has 1 N–H and O–H groups in total. The molecule has 1 fully saturated rings. The maximum absolute atomic E-state index is 12.6. The van der Waals surface area contributed by atoms with Crippen LogP contribution in [0.4, 0.5) is 5.69 Å². The monoisotopic (exact) mass is 408 g/mol. The zero-order valence-corrected chi connectivity index (χ0v) is 16.8. The topological polar surface area (TPSA) is 67.2 Å². The summed E-state index contributed by atoms with van der Waals surface area (Å²) in [7, 11) is 0. The largest absolute Gasteiger partial charge is 0.348 e. The van der Waals surface area contributed by atoms with Crippen molar-refractivity contribution in [3.05, 3.63) is 76.6 Å². The van der Waals surface area contributed by atoms with E-state index in [2.05, 4.69) is 10.4 Å². The van der Waals surface area contributed by atoms with Crippen LogP contribution in [0, 0.1) is 6.92 Å². The molecule has 2 heterocycles. The summed E-state index contributed by atoms with van der Waals surface area (Å²) in [6.45, 7) is 3.02. The summed E-state index contributed by atoms with van der Waals surface area (Å²) in [5.41, 5.74) is 3.94. The van der Waals surface area contributed by atoms with Crippen LogP contribution in [0.3, 0.4) is 0 Å². The summed E-state index contributed by atoms with van der Waals surface area (Å²) < 4.78 is 1.70. The summed E-state index contributed by atoms with van der Waals surface area (Å²) >= 11 is 6.05. The molecule has 2 aromatic carbocycles. The molecule has 148 valence electrons. The van der Waals surface area contributed by atoms with Crippen molar-refractivity contribution < 1.29 is 9.59 Å². The van der Waals surface area contributed by atoms with Gasteiger partial charge in [-0.15, -0.1) is 0 Å². The van der Waals surface area contributed by atoms with Gasteiger partial charge < -0.3 is 10.2 Å². The van der Waals surface area contributed by atoms with E-state index in [0.29, 0.717) is 23.6 Å². The molecule has 1 aliphatic heterocycles. The first-order valence-electron chi connectivity index (χ1n) is 9.51. The summed E-state index contributed by atoms with van der Waals surface area (Å²) in [6.07, 6.45) is 3.08. The Morgan fingerprint density at radius 2 is 1.97 bits per heavy atom. The molecule has 7 heteroatoms. The smallest absolute Gasteiger partial charge is 0.255 e. The van der Waals surface area contributed by atoms with Crippen LogP contribution in [-0.4, -0.2) is 28.1 Å². The maximum atomic E-state index is 12.6. The summed E-state index contributed by atoms with van der Waals surface area (Å²) in [6, 6.07) is 15.0. The van der Waals surface area contributed by atoms with Crippen LogP contribution in [0.2, 0.25) is 5.02 Å². The Labute approximate surface area is 174 Å². The number of halogens is 1. The average Bonchev–Trinajstić information content (AvgIpc) is 3.32. The highest BCUT2D eigenvalue weighted by atomic mass is 35.5. The Kier molecular flexibility index (Phi) is 5.36. The van der Waals surface area contributed by atoms with E-state index in [1.165, 1.54) is 0 Å². The van der Waals surface area contributed by atoms with Gasteiger partial charge in [-0.3, -0.25) is 9.59 Å². The number of anilines is 1. The molecule has 2 amide bonds. The molecule has 1 aromatic heterocycles. The fourth-order valence-electron chi connectivity index (χ4n) is 3.49. The van der Waals surface area contributed by atoms with Gasteiger partial charge in [-0.2, -0.15) is 5.10 Å². The summed E-state index contributed by atoms with van der Waals surface area (Å²) in [4.78, 5) is 26.3. The number of aromatic nitrogens is 2. The number of hydrogen-bond acceptors (Lipinski definition) is 3. The Balaban J connectivity index is 1.42. The molecule has 0 saturated carbocycles. The van der Waals surface area contributed by atoms with E-state index >= 15 is 0 Å². The van der Waals surface area contributed by atoms with Crippen molar-refractivity contribution in [2.24, 2.45) is 0 Å². The first kappa shape index (κ1) is 19.2. The van der Waals surface area contributed by atoms with Crippen molar-refractivity contribution in [3.8, 4) is 5.69 Å². The molecule has 0 bridgehead atoms. The van der Waals surface area contributed by atoms with Gasteiger partial charge in [-0.25, -0.2) is 4.68 Å². The molecule has 1 saturated heterocycles. The molecule has 0 unspecified atom stereocenters. The minimum Gasteiger partial charge on any atom is -0.348 e. The van der Waals surface area contributed by atoms with E-state index in [0.717, 1.165) is 35.6 Å². The average molecular weight is 409 g/mol. The molecule has 4 rings (SSSR count). The van der Waals surface area contributed by atoms with E-state index in [9.17, 15) is 9.59 Å². The van der Waals surface area contributed by atoms with Crippen molar-refractivity contribution in [3.63, 3.8) is 0 Å². The van der Waals surface area contributed by atoms with Gasteiger partial charge >= 0.3 is 0 Å². The number of benzene rings is 2. The van der Waals surface area contributed by atoms with E-state index < -0.39 is 0 Å². The van der Waals surface area contributed by atoms with Crippen molar-refractivity contribution in [2.45, 2.75) is 26.3 Å². The van der Waals surface area contributed by atoms with Crippen LogP contribution >= 0.6 is 11.6 Å². The van der Waals surface area contributed by atoms with Crippen LogP contribution in [0.15, 0.2) is 54.7 Å². The van der Waals surface area contributed by atoms with E-state index in [1.54, 1.807) is 27.9 Å². The number of amides is 2. The molecule has 0 radical (unpaired) electrons. The summed E-state index contributed by atoms with van der Waals surface area (Å²) in [5, 5.41) is 7.87. The van der Waals surface area contributed by atoms with Gasteiger partial charge in [0.05, 0.1) is 23.1 Å². The number of nitrogens with zero attached hydrogens (tertiary/aromatic N) is 3. The zero-order chi connectivity index (χ0) is 20.4. The third kappa shape index (κ3) is 4.03. The van der Waals surface area contributed by atoms with Gasteiger partial charge in [-0.05, 0) is 49.2 Å². The SMILES string of the molecule is Cc1c(C(=O)NCc2ccc(N3CCCC3=O)cc2)cnn1-c1cccc(Cl)c1. The van der Waals surface area contributed by atoms with Crippen molar-refractivity contribution in [1.82, 2.24) is 15.1 Å². The Morgan fingerprint density at radius 3 is 2.66 bits per heavy atom. The molecule has 0 atom stereocenters. The van der Waals surface area contributed by atoms with Crippen LogP contribution in [0.25, 0.3) is 5.69 Å². The lowest BCUT2D eigenvalue weighted by atomic mass is 10.2. The fourth-order valence-corrected chi connectivity index (χ4v) is 3.68. The van der Waals surface area contributed by atoms with E-state index in [1.807, 2.05) is 43.3 Å². The summed E-state index contributed by atoms with van der Waals surface area (Å²) in [5.74, 6) is -0.0205. The molecule has 6 nitrogen and oxygen atoms in total. The second kappa shape index (κ2) is 8.09. The highest BCUT2D eigenvalue weighted by molar-refractivity contribution is 6.30. The molecule has 0 spiro atoms. The van der Waals surface area contributed by atoms with Gasteiger partial charge in [0.1, 0.15) is 0 Å². The highest BCUT2D eigenvalue weighted by Crippen LogP contribution is 2.22. The van der Waals surface area contributed by atoms with Gasteiger partial charge in [0.25, 0.3) is 5.91 Å². The van der Waals surface area contributed by atoms with Gasteiger partial charge in [0.15, 0.2) is 0 Å². The molecule has 3 aromatic rings. The minimum atomic E-state index is -0.186. The van der Waals surface area contributed by atoms with Gasteiger partial charge in [0, 0.05) is 30.2 Å². The lowest BCUT2D eigenvalue weighted by Gasteiger charge is -2.16. The number of rotatable bonds is 5. The van der Waals surface area contributed by atoms with Gasteiger partial charge in [0.2, 0.25) is 5.91 Å². The Morgan fingerprint density at radius 1 is 1.17 bits per heavy atom. The molecule has 1 aliphatic rings.